The normalized spacial score (nSPS) is 12.1. The first kappa shape index (κ1) is 72.9. The van der Waals surface area contributed by atoms with Crippen molar-refractivity contribution in [1.82, 2.24) is 0 Å². The Kier molecular flexibility index (Phi) is 62.6. The predicted molar refractivity (Wildman–Crippen MR) is 326 cm³/mol. The molecule has 6 heteroatoms. The van der Waals surface area contributed by atoms with Crippen molar-refractivity contribution in [2.45, 2.75) is 386 Å². The van der Waals surface area contributed by atoms with E-state index in [9.17, 15) is 14.4 Å². The topological polar surface area (TPSA) is 78.9 Å². The standard InChI is InChI=1S/C69H130O6/c1-4-7-10-13-16-19-22-25-28-29-30-31-32-33-34-35-36-37-38-39-42-44-47-50-53-56-59-62-68(71)74-65-66(75-69(72)63-60-57-54-51-48-45-41-27-24-21-18-15-12-9-6-3)64-73-67(70)61-58-55-52-49-46-43-40-26-23-20-17-14-11-8-5-2/h26-27,40-41,66H,4-25,28-39,42-65H2,1-3H3/b40-26-,41-27-. The van der Waals surface area contributed by atoms with E-state index in [1.807, 2.05) is 0 Å². The Morgan fingerprint density at radius 3 is 0.667 bits per heavy atom. The predicted octanol–water partition coefficient (Wildman–Crippen LogP) is 23.0. The van der Waals surface area contributed by atoms with Crippen LogP contribution in [0.2, 0.25) is 0 Å². The first-order valence-corrected chi connectivity index (χ1v) is 33.8. The molecule has 0 bridgehead atoms. The van der Waals surface area contributed by atoms with Crippen LogP contribution in [-0.4, -0.2) is 37.2 Å². The number of ether oxygens (including phenoxy) is 3. The molecule has 6 nitrogen and oxygen atoms in total. The van der Waals surface area contributed by atoms with E-state index in [1.54, 1.807) is 0 Å². The molecule has 0 spiro atoms. The summed E-state index contributed by atoms with van der Waals surface area (Å²) >= 11 is 0. The third-order valence-corrected chi connectivity index (χ3v) is 15.4. The van der Waals surface area contributed by atoms with Crippen molar-refractivity contribution in [2.24, 2.45) is 0 Å². The Morgan fingerprint density at radius 2 is 0.440 bits per heavy atom. The second kappa shape index (κ2) is 64.4. The van der Waals surface area contributed by atoms with Crippen molar-refractivity contribution in [2.75, 3.05) is 13.2 Å². The Morgan fingerprint density at radius 1 is 0.253 bits per heavy atom. The van der Waals surface area contributed by atoms with Crippen LogP contribution in [0, 0.1) is 0 Å². The van der Waals surface area contributed by atoms with E-state index in [4.69, 9.17) is 14.2 Å². The van der Waals surface area contributed by atoms with Gasteiger partial charge in [0.05, 0.1) is 0 Å². The van der Waals surface area contributed by atoms with Crippen LogP contribution < -0.4 is 0 Å². The minimum absolute atomic E-state index is 0.0723. The first-order valence-electron chi connectivity index (χ1n) is 33.8. The second-order valence-corrected chi connectivity index (χ2v) is 23.1. The summed E-state index contributed by atoms with van der Waals surface area (Å²) in [5, 5.41) is 0. The molecule has 0 heterocycles. The van der Waals surface area contributed by atoms with Crippen LogP contribution in [0.5, 0.6) is 0 Å². The quantitative estimate of drug-likeness (QED) is 0.0261. The van der Waals surface area contributed by atoms with E-state index in [-0.39, 0.29) is 31.1 Å². The highest BCUT2D eigenvalue weighted by Crippen LogP contribution is 2.18. The molecular formula is C69H130O6. The smallest absolute Gasteiger partial charge is 0.306 e. The van der Waals surface area contributed by atoms with Crippen LogP contribution in [0.3, 0.4) is 0 Å². The molecule has 0 N–H and O–H groups in total. The maximum Gasteiger partial charge on any atom is 0.306 e. The summed E-state index contributed by atoms with van der Waals surface area (Å²) in [4.78, 5) is 38.3. The summed E-state index contributed by atoms with van der Waals surface area (Å²) in [5.74, 6) is -0.863. The Balaban J connectivity index is 4.20. The number of esters is 3. The number of allylic oxidation sites excluding steroid dienone is 4. The summed E-state index contributed by atoms with van der Waals surface area (Å²) in [6, 6.07) is 0. The maximum atomic E-state index is 12.9. The lowest BCUT2D eigenvalue weighted by Crippen LogP contribution is -2.30. The highest BCUT2D eigenvalue weighted by Gasteiger charge is 2.19. The van der Waals surface area contributed by atoms with Crippen molar-refractivity contribution in [3.05, 3.63) is 24.3 Å². The lowest BCUT2D eigenvalue weighted by molar-refractivity contribution is -0.167. The van der Waals surface area contributed by atoms with Crippen molar-refractivity contribution in [3.63, 3.8) is 0 Å². The zero-order chi connectivity index (χ0) is 54.3. The summed E-state index contributed by atoms with van der Waals surface area (Å²) in [5.41, 5.74) is 0. The zero-order valence-electron chi connectivity index (χ0n) is 50.8. The molecule has 442 valence electrons. The van der Waals surface area contributed by atoms with Gasteiger partial charge in [0, 0.05) is 19.3 Å². The average Bonchev–Trinajstić information content (AvgIpc) is 3.41. The van der Waals surface area contributed by atoms with Gasteiger partial charge in [0.25, 0.3) is 0 Å². The average molecular weight is 1060 g/mol. The number of carbonyl (C=O) groups excluding carboxylic acids is 3. The summed E-state index contributed by atoms with van der Waals surface area (Å²) in [7, 11) is 0. The van der Waals surface area contributed by atoms with E-state index in [1.165, 1.54) is 270 Å². The molecule has 0 fully saturated rings. The van der Waals surface area contributed by atoms with Gasteiger partial charge in [0.2, 0.25) is 0 Å². The maximum absolute atomic E-state index is 12.9. The largest absolute Gasteiger partial charge is 0.462 e. The molecule has 0 aromatic carbocycles. The number of carbonyl (C=O) groups is 3. The van der Waals surface area contributed by atoms with Crippen LogP contribution >= 0.6 is 0 Å². The van der Waals surface area contributed by atoms with Crippen molar-refractivity contribution < 1.29 is 28.6 Å². The fourth-order valence-corrected chi connectivity index (χ4v) is 10.3. The van der Waals surface area contributed by atoms with Crippen molar-refractivity contribution in [3.8, 4) is 0 Å². The summed E-state index contributed by atoms with van der Waals surface area (Å²) in [6.07, 6.45) is 77.8. The van der Waals surface area contributed by atoms with Crippen molar-refractivity contribution in [1.29, 1.82) is 0 Å². The lowest BCUT2D eigenvalue weighted by Gasteiger charge is -2.18. The van der Waals surface area contributed by atoms with Gasteiger partial charge in [-0.3, -0.25) is 14.4 Å². The SMILES string of the molecule is CCCCCCCC/C=C\CCCCCCCC(=O)OCC(COC(=O)CCCCCCCCCCCCCCCCCCCCCCCCCCCCC)OC(=O)CCCCCCC/C=C\CCCCCCCC. The minimum atomic E-state index is -0.776. The molecule has 0 aromatic heterocycles. The Labute approximate surface area is 468 Å². The van der Waals surface area contributed by atoms with Gasteiger partial charge in [-0.1, -0.05) is 315 Å². The number of unbranched alkanes of at least 4 members (excludes halogenated alkanes) is 48. The van der Waals surface area contributed by atoms with Crippen LogP contribution in [-0.2, 0) is 28.6 Å². The van der Waals surface area contributed by atoms with E-state index >= 15 is 0 Å². The molecule has 0 aliphatic heterocycles. The summed E-state index contributed by atoms with van der Waals surface area (Å²) < 4.78 is 16.9. The van der Waals surface area contributed by atoms with Gasteiger partial charge in [-0.05, 0) is 70.6 Å². The Bertz CT molecular complexity index is 1210. The van der Waals surface area contributed by atoms with Crippen LogP contribution in [0.15, 0.2) is 24.3 Å². The molecule has 0 aromatic rings. The van der Waals surface area contributed by atoms with E-state index in [0.717, 1.165) is 70.6 Å². The van der Waals surface area contributed by atoms with E-state index in [2.05, 4.69) is 45.1 Å². The molecular weight excluding hydrogens is 925 g/mol. The summed E-state index contributed by atoms with van der Waals surface area (Å²) in [6.45, 7) is 6.69. The molecule has 0 rings (SSSR count). The highest BCUT2D eigenvalue weighted by molar-refractivity contribution is 5.71. The number of hydrogen-bond acceptors (Lipinski definition) is 6. The molecule has 0 saturated carbocycles. The van der Waals surface area contributed by atoms with Gasteiger partial charge in [0.1, 0.15) is 13.2 Å². The van der Waals surface area contributed by atoms with Gasteiger partial charge >= 0.3 is 17.9 Å². The Hall–Kier alpha value is -2.11. The lowest BCUT2D eigenvalue weighted by atomic mass is 10.0. The first-order chi connectivity index (χ1) is 37.0. The third kappa shape index (κ3) is 62.6. The number of hydrogen-bond donors (Lipinski definition) is 0. The van der Waals surface area contributed by atoms with Crippen LogP contribution in [0.25, 0.3) is 0 Å². The van der Waals surface area contributed by atoms with Gasteiger partial charge in [0.15, 0.2) is 6.10 Å². The third-order valence-electron chi connectivity index (χ3n) is 15.4. The highest BCUT2D eigenvalue weighted by atomic mass is 16.6. The monoisotopic (exact) mass is 1050 g/mol. The van der Waals surface area contributed by atoms with Crippen LogP contribution in [0.4, 0.5) is 0 Å². The molecule has 75 heavy (non-hydrogen) atoms. The molecule has 0 saturated heterocycles. The molecule has 0 aliphatic rings. The molecule has 0 aliphatic carbocycles. The minimum Gasteiger partial charge on any atom is -0.462 e. The van der Waals surface area contributed by atoms with E-state index in [0.29, 0.717) is 19.3 Å². The van der Waals surface area contributed by atoms with Gasteiger partial charge in [-0.2, -0.15) is 0 Å². The molecule has 0 amide bonds. The second-order valence-electron chi connectivity index (χ2n) is 23.1. The van der Waals surface area contributed by atoms with Gasteiger partial charge in [-0.15, -0.1) is 0 Å². The van der Waals surface area contributed by atoms with Crippen molar-refractivity contribution >= 4 is 17.9 Å². The van der Waals surface area contributed by atoms with Crippen LogP contribution in [0.1, 0.15) is 380 Å². The molecule has 0 radical (unpaired) electrons. The molecule has 1 atom stereocenters. The fourth-order valence-electron chi connectivity index (χ4n) is 10.3. The molecule has 1 unspecified atom stereocenters. The van der Waals surface area contributed by atoms with Gasteiger partial charge < -0.3 is 14.2 Å². The van der Waals surface area contributed by atoms with E-state index < -0.39 is 6.10 Å². The fraction of sp³-hybridized carbons (Fsp3) is 0.899. The van der Waals surface area contributed by atoms with Gasteiger partial charge in [-0.25, -0.2) is 0 Å². The zero-order valence-corrected chi connectivity index (χ0v) is 50.8. The number of rotatable bonds is 63.